The lowest BCUT2D eigenvalue weighted by atomic mass is 10.3. The second kappa shape index (κ2) is 8.88. The van der Waals surface area contributed by atoms with Crippen molar-refractivity contribution in [3.05, 3.63) is 54.6 Å². The van der Waals surface area contributed by atoms with Crippen LogP contribution >= 0.6 is 12.6 Å². The van der Waals surface area contributed by atoms with Gasteiger partial charge < -0.3 is 5.32 Å². The number of hydrogen-bond acceptors (Lipinski definition) is 4. The Kier molecular flexibility index (Phi) is 6.97. The van der Waals surface area contributed by atoms with Crippen LogP contribution in [0.2, 0.25) is 0 Å². The molecule has 1 amide bonds. The molecule has 0 heterocycles. The molecule has 2 aromatic carbocycles. The van der Waals surface area contributed by atoms with Crippen molar-refractivity contribution < 1.29 is 4.79 Å². The zero-order valence-corrected chi connectivity index (χ0v) is 11.4. The minimum Gasteiger partial charge on any atom is -0.362 e. The number of rotatable bonds is 3. The van der Waals surface area contributed by atoms with Gasteiger partial charge in [-0.25, -0.2) is 0 Å². The molecule has 0 aliphatic carbocycles. The summed E-state index contributed by atoms with van der Waals surface area (Å²) < 4.78 is 0. The van der Waals surface area contributed by atoms with Crippen LogP contribution in [0.15, 0.2) is 69.7 Å². The summed E-state index contributed by atoms with van der Waals surface area (Å²) in [7, 11) is 1.56. The highest BCUT2D eigenvalue weighted by Gasteiger charge is 1.90. The smallest absolute Gasteiger partial charge is 0.206 e. The average molecular weight is 273 g/mol. The molecular formula is C14H15N3OS. The van der Waals surface area contributed by atoms with Crippen LogP contribution in [0.1, 0.15) is 0 Å². The van der Waals surface area contributed by atoms with Crippen molar-refractivity contribution in [3.63, 3.8) is 0 Å². The van der Waals surface area contributed by atoms with Gasteiger partial charge in [-0.15, -0.1) is 12.6 Å². The first kappa shape index (κ1) is 14.9. The number of azo groups is 1. The maximum absolute atomic E-state index is 9.06. The summed E-state index contributed by atoms with van der Waals surface area (Å²) in [6.45, 7) is 0. The van der Waals surface area contributed by atoms with E-state index >= 15 is 0 Å². The van der Waals surface area contributed by atoms with Crippen molar-refractivity contribution in [2.24, 2.45) is 10.2 Å². The van der Waals surface area contributed by atoms with Crippen LogP contribution in [0.3, 0.4) is 0 Å². The first-order chi connectivity index (χ1) is 9.26. The standard InChI is InChI=1S/C12H10N2S.C2H5NO/c15-12-8-4-7-11(9-12)14-13-10-5-2-1-3-6-10;1-3-2-4/h1-9,15H;2H,1H3,(H,3,4). The van der Waals surface area contributed by atoms with E-state index in [2.05, 4.69) is 28.2 Å². The summed E-state index contributed by atoms with van der Waals surface area (Å²) in [5, 5.41) is 10.5. The summed E-state index contributed by atoms with van der Waals surface area (Å²) in [5.74, 6) is 0. The van der Waals surface area contributed by atoms with Gasteiger partial charge in [0.25, 0.3) is 0 Å². The van der Waals surface area contributed by atoms with Gasteiger partial charge in [0.15, 0.2) is 0 Å². The van der Waals surface area contributed by atoms with E-state index in [4.69, 9.17) is 4.79 Å². The largest absolute Gasteiger partial charge is 0.362 e. The molecule has 0 fully saturated rings. The molecule has 0 aliphatic rings. The monoisotopic (exact) mass is 273 g/mol. The van der Waals surface area contributed by atoms with Gasteiger partial charge in [0.05, 0.1) is 11.4 Å². The maximum atomic E-state index is 9.06. The van der Waals surface area contributed by atoms with Crippen molar-refractivity contribution in [3.8, 4) is 0 Å². The third kappa shape index (κ3) is 6.38. The number of nitrogens with one attached hydrogen (secondary N) is 1. The van der Waals surface area contributed by atoms with Crippen LogP contribution in [-0.4, -0.2) is 13.5 Å². The predicted molar refractivity (Wildman–Crippen MR) is 79.4 cm³/mol. The van der Waals surface area contributed by atoms with E-state index in [1.165, 1.54) is 0 Å². The summed E-state index contributed by atoms with van der Waals surface area (Å²) in [6, 6.07) is 17.2. The van der Waals surface area contributed by atoms with Crippen molar-refractivity contribution in [2.45, 2.75) is 4.90 Å². The Morgan fingerprint density at radius 1 is 1.00 bits per heavy atom. The number of carbonyl (C=O) groups is 1. The lowest BCUT2D eigenvalue weighted by Gasteiger charge is -1.93. The molecule has 0 radical (unpaired) electrons. The Balaban J connectivity index is 0.000000399. The molecule has 0 aromatic heterocycles. The van der Waals surface area contributed by atoms with Crippen LogP contribution in [0.4, 0.5) is 11.4 Å². The molecule has 0 atom stereocenters. The number of nitrogens with zero attached hydrogens (tertiary/aromatic N) is 2. The molecule has 5 heteroatoms. The Bertz CT molecular complexity index is 529. The molecular weight excluding hydrogens is 258 g/mol. The number of hydrogen-bond donors (Lipinski definition) is 2. The molecule has 0 saturated carbocycles. The van der Waals surface area contributed by atoms with Crippen molar-refractivity contribution in [2.75, 3.05) is 7.05 Å². The van der Waals surface area contributed by atoms with Gasteiger partial charge in [-0.05, 0) is 30.3 Å². The first-order valence-corrected chi connectivity index (χ1v) is 6.07. The Labute approximate surface area is 118 Å². The molecule has 2 rings (SSSR count). The Morgan fingerprint density at radius 3 is 2.16 bits per heavy atom. The highest BCUT2D eigenvalue weighted by Crippen LogP contribution is 2.19. The van der Waals surface area contributed by atoms with Crippen molar-refractivity contribution in [1.82, 2.24) is 5.32 Å². The highest BCUT2D eigenvalue weighted by atomic mass is 32.1. The molecule has 0 aliphatic heterocycles. The van der Waals surface area contributed by atoms with Gasteiger partial charge in [0.1, 0.15) is 0 Å². The quantitative estimate of drug-likeness (QED) is 0.499. The van der Waals surface area contributed by atoms with Gasteiger partial charge in [-0.2, -0.15) is 10.2 Å². The maximum Gasteiger partial charge on any atom is 0.206 e. The molecule has 4 nitrogen and oxygen atoms in total. The zero-order chi connectivity index (χ0) is 13.9. The van der Waals surface area contributed by atoms with E-state index in [0.29, 0.717) is 6.41 Å². The SMILES string of the molecule is CNC=O.Sc1cccc(N=Nc2ccccc2)c1. The molecule has 0 spiro atoms. The topological polar surface area (TPSA) is 53.8 Å². The number of thiol groups is 1. The summed E-state index contributed by atoms with van der Waals surface area (Å²) in [6.07, 6.45) is 0.625. The fourth-order valence-electron chi connectivity index (χ4n) is 1.17. The number of amides is 1. The predicted octanol–water partition coefficient (Wildman–Crippen LogP) is 3.75. The van der Waals surface area contributed by atoms with Crippen LogP contribution < -0.4 is 5.32 Å². The van der Waals surface area contributed by atoms with Crippen LogP contribution in [0.5, 0.6) is 0 Å². The van der Waals surface area contributed by atoms with Gasteiger partial charge >= 0.3 is 0 Å². The van der Waals surface area contributed by atoms with E-state index in [-0.39, 0.29) is 0 Å². The molecule has 98 valence electrons. The second-order valence-electron chi connectivity index (χ2n) is 3.46. The van der Waals surface area contributed by atoms with Crippen molar-refractivity contribution in [1.29, 1.82) is 0 Å². The summed E-state index contributed by atoms with van der Waals surface area (Å²) in [4.78, 5) is 9.95. The lowest BCUT2D eigenvalue weighted by Crippen LogP contribution is -1.98. The first-order valence-electron chi connectivity index (χ1n) is 5.63. The molecule has 2 aromatic rings. The van der Waals surface area contributed by atoms with E-state index in [0.717, 1.165) is 16.3 Å². The minimum atomic E-state index is 0.625. The molecule has 19 heavy (non-hydrogen) atoms. The molecule has 0 bridgehead atoms. The second-order valence-corrected chi connectivity index (χ2v) is 3.98. The molecule has 1 N–H and O–H groups in total. The highest BCUT2D eigenvalue weighted by molar-refractivity contribution is 7.80. The minimum absolute atomic E-state index is 0.625. The fraction of sp³-hybridized carbons (Fsp3) is 0.0714. The van der Waals surface area contributed by atoms with Gasteiger partial charge in [-0.1, -0.05) is 24.3 Å². The van der Waals surface area contributed by atoms with E-state index in [1.54, 1.807) is 7.05 Å². The fourth-order valence-corrected chi connectivity index (χ4v) is 1.38. The van der Waals surface area contributed by atoms with Crippen LogP contribution in [0.25, 0.3) is 0 Å². The third-order valence-electron chi connectivity index (χ3n) is 1.98. The Morgan fingerprint density at radius 2 is 1.58 bits per heavy atom. The lowest BCUT2D eigenvalue weighted by molar-refractivity contribution is -0.109. The Hall–Kier alpha value is -2.14. The number of carbonyl (C=O) groups excluding carboxylic acids is 1. The average Bonchev–Trinajstić information content (AvgIpc) is 2.47. The van der Waals surface area contributed by atoms with E-state index in [9.17, 15) is 0 Å². The van der Waals surface area contributed by atoms with Gasteiger partial charge in [-0.3, -0.25) is 4.79 Å². The van der Waals surface area contributed by atoms with Gasteiger partial charge in [0.2, 0.25) is 6.41 Å². The normalized spacial score (nSPS) is 9.58. The molecule has 0 unspecified atom stereocenters. The summed E-state index contributed by atoms with van der Waals surface area (Å²) >= 11 is 4.23. The number of benzene rings is 2. The van der Waals surface area contributed by atoms with Gasteiger partial charge in [0, 0.05) is 11.9 Å². The van der Waals surface area contributed by atoms with Crippen LogP contribution in [0, 0.1) is 0 Å². The molecule has 0 saturated heterocycles. The summed E-state index contributed by atoms with van der Waals surface area (Å²) in [5.41, 5.74) is 1.66. The third-order valence-corrected chi connectivity index (χ3v) is 2.26. The van der Waals surface area contributed by atoms with Crippen LogP contribution in [-0.2, 0) is 4.79 Å². The zero-order valence-electron chi connectivity index (χ0n) is 10.5. The van der Waals surface area contributed by atoms with Crippen molar-refractivity contribution >= 4 is 30.4 Å². The van der Waals surface area contributed by atoms with E-state index in [1.807, 2.05) is 54.6 Å². The van der Waals surface area contributed by atoms with E-state index < -0.39 is 0 Å².